The van der Waals surface area contributed by atoms with E-state index in [0.717, 1.165) is 5.69 Å². The van der Waals surface area contributed by atoms with Crippen molar-refractivity contribution in [2.45, 2.75) is 19.9 Å². The van der Waals surface area contributed by atoms with E-state index in [1.807, 2.05) is 30.3 Å². The first kappa shape index (κ1) is 15.1. The first-order valence-electron chi connectivity index (χ1n) is 7.13. The molecule has 0 heterocycles. The van der Waals surface area contributed by atoms with Gasteiger partial charge in [0.1, 0.15) is 0 Å². The lowest BCUT2D eigenvalue weighted by Crippen LogP contribution is -2.21. The average molecular weight is 282 g/mol. The van der Waals surface area contributed by atoms with Crippen LogP contribution in [0.4, 0.5) is 5.69 Å². The summed E-state index contributed by atoms with van der Waals surface area (Å²) in [6, 6.07) is 16.2. The van der Waals surface area contributed by atoms with Crippen molar-refractivity contribution >= 4 is 11.6 Å². The van der Waals surface area contributed by atoms with Crippen LogP contribution in [0, 0.1) is 6.92 Å². The van der Waals surface area contributed by atoms with Crippen LogP contribution in [-0.2, 0) is 0 Å². The van der Waals surface area contributed by atoms with Crippen molar-refractivity contribution in [2.24, 2.45) is 0 Å². The summed E-state index contributed by atoms with van der Waals surface area (Å²) in [4.78, 5) is 13.4. The van der Waals surface area contributed by atoms with E-state index in [1.165, 1.54) is 11.1 Å². The molecular formula is C18H22N2O. The maximum Gasteiger partial charge on any atom is 0.253 e. The maximum absolute atomic E-state index is 11.8. The molecule has 0 spiro atoms. The predicted octanol–water partition coefficient (Wildman–Crippen LogP) is 3.87. The first-order valence-corrected chi connectivity index (χ1v) is 7.13. The number of anilines is 1. The SMILES string of the molecule is Cc1ccccc1C(C)Nc1ccc(C(=O)N(C)C)cc1. The third kappa shape index (κ3) is 3.63. The van der Waals surface area contributed by atoms with Crippen LogP contribution in [0.15, 0.2) is 48.5 Å². The molecule has 0 fully saturated rings. The Morgan fingerprint density at radius 1 is 1.05 bits per heavy atom. The fraction of sp³-hybridized carbons (Fsp3) is 0.278. The molecular weight excluding hydrogens is 260 g/mol. The second-order valence-electron chi connectivity index (χ2n) is 5.50. The van der Waals surface area contributed by atoms with E-state index >= 15 is 0 Å². The maximum atomic E-state index is 11.8. The van der Waals surface area contributed by atoms with E-state index in [0.29, 0.717) is 5.56 Å². The number of hydrogen-bond donors (Lipinski definition) is 1. The standard InChI is InChI=1S/C18H22N2O/c1-13-7-5-6-8-17(13)14(2)19-16-11-9-15(10-12-16)18(21)20(3)4/h5-12,14,19H,1-4H3. The topological polar surface area (TPSA) is 32.3 Å². The van der Waals surface area contributed by atoms with Gasteiger partial charge in [-0.05, 0) is 49.2 Å². The highest BCUT2D eigenvalue weighted by molar-refractivity contribution is 5.94. The molecule has 2 aromatic carbocycles. The van der Waals surface area contributed by atoms with Gasteiger partial charge in [-0.3, -0.25) is 4.79 Å². The van der Waals surface area contributed by atoms with Gasteiger partial charge in [0.25, 0.3) is 5.91 Å². The quantitative estimate of drug-likeness (QED) is 0.923. The number of nitrogens with zero attached hydrogens (tertiary/aromatic N) is 1. The van der Waals surface area contributed by atoms with E-state index in [2.05, 4.69) is 37.4 Å². The summed E-state index contributed by atoms with van der Waals surface area (Å²) in [5, 5.41) is 3.47. The minimum absolute atomic E-state index is 0.0218. The molecule has 0 aromatic heterocycles. The second kappa shape index (κ2) is 6.44. The second-order valence-corrected chi connectivity index (χ2v) is 5.50. The van der Waals surface area contributed by atoms with Crippen molar-refractivity contribution in [3.05, 3.63) is 65.2 Å². The average Bonchev–Trinajstić information content (AvgIpc) is 2.47. The molecule has 0 saturated carbocycles. The molecule has 0 aliphatic rings. The van der Waals surface area contributed by atoms with Gasteiger partial charge in [0.05, 0.1) is 0 Å². The van der Waals surface area contributed by atoms with Crippen molar-refractivity contribution in [3.63, 3.8) is 0 Å². The molecule has 1 N–H and O–H groups in total. The highest BCUT2D eigenvalue weighted by Gasteiger charge is 2.10. The first-order chi connectivity index (χ1) is 9.99. The van der Waals surface area contributed by atoms with Crippen LogP contribution >= 0.6 is 0 Å². The molecule has 0 saturated heterocycles. The Hall–Kier alpha value is -2.29. The highest BCUT2D eigenvalue weighted by atomic mass is 16.2. The van der Waals surface area contributed by atoms with E-state index in [4.69, 9.17) is 0 Å². The minimum atomic E-state index is 0.0218. The van der Waals surface area contributed by atoms with Crippen molar-refractivity contribution < 1.29 is 4.79 Å². The lowest BCUT2D eigenvalue weighted by molar-refractivity contribution is 0.0827. The number of aryl methyl sites for hydroxylation is 1. The van der Waals surface area contributed by atoms with Crippen LogP contribution in [0.2, 0.25) is 0 Å². The van der Waals surface area contributed by atoms with E-state index in [9.17, 15) is 4.79 Å². The molecule has 0 bridgehead atoms. The zero-order valence-electron chi connectivity index (χ0n) is 13.1. The molecule has 0 aliphatic heterocycles. The zero-order valence-corrected chi connectivity index (χ0v) is 13.1. The summed E-state index contributed by atoms with van der Waals surface area (Å²) >= 11 is 0. The van der Waals surface area contributed by atoms with Crippen molar-refractivity contribution in [1.29, 1.82) is 0 Å². The number of amides is 1. The van der Waals surface area contributed by atoms with Gasteiger partial charge in [-0.25, -0.2) is 0 Å². The Balaban J connectivity index is 2.10. The lowest BCUT2D eigenvalue weighted by atomic mass is 10.0. The van der Waals surface area contributed by atoms with Crippen molar-refractivity contribution in [2.75, 3.05) is 19.4 Å². The highest BCUT2D eigenvalue weighted by Crippen LogP contribution is 2.22. The van der Waals surface area contributed by atoms with Gasteiger partial charge in [-0.1, -0.05) is 24.3 Å². The number of rotatable bonds is 4. The summed E-state index contributed by atoms with van der Waals surface area (Å²) in [6.07, 6.45) is 0. The summed E-state index contributed by atoms with van der Waals surface area (Å²) in [6.45, 7) is 4.26. The molecule has 1 atom stereocenters. The molecule has 1 unspecified atom stereocenters. The predicted molar refractivity (Wildman–Crippen MR) is 87.7 cm³/mol. The van der Waals surface area contributed by atoms with Crippen LogP contribution in [0.5, 0.6) is 0 Å². The Kier molecular flexibility index (Phi) is 4.63. The third-order valence-electron chi connectivity index (χ3n) is 3.58. The fourth-order valence-electron chi connectivity index (χ4n) is 2.37. The molecule has 110 valence electrons. The fourth-order valence-corrected chi connectivity index (χ4v) is 2.37. The van der Waals surface area contributed by atoms with Crippen LogP contribution in [0.1, 0.15) is 34.5 Å². The third-order valence-corrected chi connectivity index (χ3v) is 3.58. The molecule has 2 rings (SSSR count). The molecule has 2 aromatic rings. The van der Waals surface area contributed by atoms with Gasteiger partial charge in [0.15, 0.2) is 0 Å². The minimum Gasteiger partial charge on any atom is -0.379 e. The Labute approximate surface area is 126 Å². The molecule has 21 heavy (non-hydrogen) atoms. The normalized spacial score (nSPS) is 11.8. The number of nitrogens with one attached hydrogen (secondary N) is 1. The number of carbonyl (C=O) groups excluding carboxylic acids is 1. The number of benzene rings is 2. The van der Waals surface area contributed by atoms with Gasteiger partial charge in [0, 0.05) is 31.4 Å². The van der Waals surface area contributed by atoms with Gasteiger partial charge < -0.3 is 10.2 Å². The van der Waals surface area contributed by atoms with Gasteiger partial charge in [0.2, 0.25) is 0 Å². The molecule has 1 amide bonds. The van der Waals surface area contributed by atoms with Crippen LogP contribution < -0.4 is 5.32 Å². The number of hydrogen-bond acceptors (Lipinski definition) is 2. The molecule has 0 aliphatic carbocycles. The summed E-state index contributed by atoms with van der Waals surface area (Å²) < 4.78 is 0. The summed E-state index contributed by atoms with van der Waals surface area (Å²) in [5.41, 5.74) is 4.28. The monoisotopic (exact) mass is 282 g/mol. The molecule has 3 nitrogen and oxygen atoms in total. The largest absolute Gasteiger partial charge is 0.379 e. The summed E-state index contributed by atoms with van der Waals surface area (Å²) in [5.74, 6) is 0.0218. The van der Waals surface area contributed by atoms with Gasteiger partial charge >= 0.3 is 0 Å². The van der Waals surface area contributed by atoms with Crippen LogP contribution in [-0.4, -0.2) is 24.9 Å². The van der Waals surface area contributed by atoms with Gasteiger partial charge in [-0.15, -0.1) is 0 Å². The van der Waals surface area contributed by atoms with Crippen LogP contribution in [0.25, 0.3) is 0 Å². The zero-order chi connectivity index (χ0) is 15.4. The van der Waals surface area contributed by atoms with Crippen molar-refractivity contribution in [1.82, 2.24) is 4.90 Å². The van der Waals surface area contributed by atoms with Crippen LogP contribution in [0.3, 0.4) is 0 Å². The Morgan fingerprint density at radius 2 is 1.67 bits per heavy atom. The molecule has 3 heteroatoms. The smallest absolute Gasteiger partial charge is 0.253 e. The Morgan fingerprint density at radius 3 is 2.24 bits per heavy atom. The lowest BCUT2D eigenvalue weighted by Gasteiger charge is -2.18. The van der Waals surface area contributed by atoms with Crippen molar-refractivity contribution in [3.8, 4) is 0 Å². The van der Waals surface area contributed by atoms with E-state index in [1.54, 1.807) is 19.0 Å². The molecule has 0 radical (unpaired) electrons. The Bertz CT molecular complexity index is 617. The summed E-state index contributed by atoms with van der Waals surface area (Å²) in [7, 11) is 3.52. The van der Waals surface area contributed by atoms with E-state index in [-0.39, 0.29) is 11.9 Å². The van der Waals surface area contributed by atoms with Gasteiger partial charge in [-0.2, -0.15) is 0 Å². The van der Waals surface area contributed by atoms with E-state index < -0.39 is 0 Å². The number of carbonyl (C=O) groups is 1.